The summed E-state index contributed by atoms with van der Waals surface area (Å²) in [7, 11) is 0. The van der Waals surface area contributed by atoms with Crippen LogP contribution < -0.4 is 5.32 Å². The number of rotatable bonds is 3. The molecule has 0 radical (unpaired) electrons. The average molecular weight is 217 g/mol. The first-order valence-electron chi connectivity index (χ1n) is 6.55. The predicted octanol–water partition coefficient (Wildman–Crippen LogP) is 3.35. The lowest BCUT2D eigenvalue weighted by atomic mass is 9.90. The van der Waals surface area contributed by atoms with E-state index in [0.717, 1.165) is 5.92 Å². The Bertz CT molecular complexity index is 324. The van der Waals surface area contributed by atoms with Crippen molar-refractivity contribution in [1.29, 1.82) is 0 Å². The van der Waals surface area contributed by atoms with E-state index in [4.69, 9.17) is 0 Å². The first-order valence-corrected chi connectivity index (χ1v) is 6.55. The van der Waals surface area contributed by atoms with Crippen LogP contribution in [0.25, 0.3) is 0 Å². The van der Waals surface area contributed by atoms with Crippen LogP contribution in [0, 0.1) is 5.92 Å². The molecule has 1 atom stereocenters. The molecule has 0 spiro atoms. The van der Waals surface area contributed by atoms with Crippen LogP contribution in [0.4, 0.5) is 0 Å². The molecule has 1 nitrogen and oxygen atoms in total. The zero-order valence-corrected chi connectivity index (χ0v) is 10.5. The number of hydrogen-bond acceptors (Lipinski definition) is 1. The Kier molecular flexibility index (Phi) is 4.00. The van der Waals surface area contributed by atoms with Gasteiger partial charge in [-0.1, -0.05) is 38.1 Å². The molecule has 2 rings (SSSR count). The molecule has 1 saturated heterocycles. The van der Waals surface area contributed by atoms with E-state index in [1.807, 2.05) is 0 Å². The molecule has 88 valence electrons. The number of piperidine rings is 1. The van der Waals surface area contributed by atoms with E-state index in [2.05, 4.69) is 43.4 Å². The predicted molar refractivity (Wildman–Crippen MR) is 69.8 cm³/mol. The van der Waals surface area contributed by atoms with E-state index in [-0.39, 0.29) is 0 Å². The fraction of sp³-hybridized carbons (Fsp3) is 0.600. The van der Waals surface area contributed by atoms with Crippen molar-refractivity contribution in [3.8, 4) is 0 Å². The van der Waals surface area contributed by atoms with E-state index < -0.39 is 0 Å². The van der Waals surface area contributed by atoms with Crippen molar-refractivity contribution in [3.05, 3.63) is 35.4 Å². The highest BCUT2D eigenvalue weighted by atomic mass is 14.9. The molecule has 0 saturated carbocycles. The number of benzene rings is 1. The summed E-state index contributed by atoms with van der Waals surface area (Å²) < 4.78 is 0. The van der Waals surface area contributed by atoms with Crippen LogP contribution in [0.5, 0.6) is 0 Å². The van der Waals surface area contributed by atoms with E-state index in [9.17, 15) is 0 Å². The molecule has 0 aromatic heterocycles. The van der Waals surface area contributed by atoms with E-state index >= 15 is 0 Å². The third-order valence-electron chi connectivity index (χ3n) is 3.54. The maximum atomic E-state index is 3.49. The Labute approximate surface area is 99.3 Å². The minimum atomic E-state index is 0.643. The third-order valence-corrected chi connectivity index (χ3v) is 3.54. The zero-order chi connectivity index (χ0) is 11.4. The van der Waals surface area contributed by atoms with Crippen molar-refractivity contribution in [1.82, 2.24) is 5.32 Å². The van der Waals surface area contributed by atoms with Gasteiger partial charge >= 0.3 is 0 Å². The Morgan fingerprint density at radius 3 is 2.94 bits per heavy atom. The molecule has 0 bridgehead atoms. The van der Waals surface area contributed by atoms with Crippen molar-refractivity contribution in [2.75, 3.05) is 13.1 Å². The van der Waals surface area contributed by atoms with Gasteiger partial charge in [-0.25, -0.2) is 0 Å². The summed E-state index contributed by atoms with van der Waals surface area (Å²) in [4.78, 5) is 0. The highest BCUT2D eigenvalue weighted by molar-refractivity contribution is 5.26. The van der Waals surface area contributed by atoms with Crippen LogP contribution in [0.3, 0.4) is 0 Å². The molecule has 0 aliphatic carbocycles. The lowest BCUT2D eigenvalue weighted by Crippen LogP contribution is -2.30. The highest BCUT2D eigenvalue weighted by Crippen LogP contribution is 2.20. The van der Waals surface area contributed by atoms with Crippen molar-refractivity contribution in [2.45, 2.75) is 39.0 Å². The van der Waals surface area contributed by atoms with Crippen LogP contribution >= 0.6 is 0 Å². The van der Waals surface area contributed by atoms with Crippen molar-refractivity contribution in [3.63, 3.8) is 0 Å². The van der Waals surface area contributed by atoms with Crippen LogP contribution in [0.2, 0.25) is 0 Å². The molecule has 1 heteroatoms. The smallest absolute Gasteiger partial charge is 0.00173 e. The first-order chi connectivity index (χ1) is 7.75. The minimum Gasteiger partial charge on any atom is -0.316 e. The highest BCUT2D eigenvalue weighted by Gasteiger charge is 2.13. The summed E-state index contributed by atoms with van der Waals surface area (Å²) in [6.07, 6.45) is 3.97. The minimum absolute atomic E-state index is 0.643. The molecule has 1 aliphatic rings. The Morgan fingerprint density at radius 1 is 1.38 bits per heavy atom. The topological polar surface area (TPSA) is 12.0 Å². The van der Waals surface area contributed by atoms with Gasteiger partial charge in [0.25, 0.3) is 0 Å². The molecule has 1 heterocycles. The second kappa shape index (κ2) is 5.49. The molecule has 1 fully saturated rings. The van der Waals surface area contributed by atoms with Crippen molar-refractivity contribution in [2.24, 2.45) is 5.92 Å². The quantitative estimate of drug-likeness (QED) is 0.818. The molecule has 16 heavy (non-hydrogen) atoms. The maximum absolute atomic E-state index is 3.49. The number of hydrogen-bond donors (Lipinski definition) is 1. The SMILES string of the molecule is CC(C)c1cccc(CC2CCCNC2)c1. The standard InChI is InChI=1S/C15H23N/c1-12(2)15-7-3-5-13(10-15)9-14-6-4-8-16-11-14/h3,5,7,10,12,14,16H,4,6,8-9,11H2,1-2H3. The van der Waals surface area contributed by atoms with E-state index in [1.54, 1.807) is 0 Å². The molecular formula is C15H23N. The van der Waals surface area contributed by atoms with Gasteiger partial charge in [-0.05, 0) is 55.3 Å². The van der Waals surface area contributed by atoms with Gasteiger partial charge in [0.1, 0.15) is 0 Å². The Hall–Kier alpha value is -0.820. The molecule has 1 unspecified atom stereocenters. The summed E-state index contributed by atoms with van der Waals surface area (Å²) in [6, 6.07) is 9.12. The fourth-order valence-electron chi connectivity index (χ4n) is 2.51. The molecule has 1 N–H and O–H groups in total. The molecule has 1 aromatic rings. The summed E-state index contributed by atoms with van der Waals surface area (Å²) in [5, 5.41) is 3.49. The maximum Gasteiger partial charge on any atom is -0.00173 e. The third kappa shape index (κ3) is 3.08. The van der Waals surface area contributed by atoms with Crippen LogP contribution in [-0.2, 0) is 6.42 Å². The Balaban J connectivity index is 2.00. The molecule has 0 amide bonds. The zero-order valence-electron chi connectivity index (χ0n) is 10.5. The summed E-state index contributed by atoms with van der Waals surface area (Å²) in [5.74, 6) is 1.49. The number of nitrogens with one attached hydrogen (secondary N) is 1. The van der Waals surface area contributed by atoms with Gasteiger partial charge in [-0.2, -0.15) is 0 Å². The van der Waals surface area contributed by atoms with E-state index in [1.165, 1.54) is 43.5 Å². The lowest BCUT2D eigenvalue weighted by Gasteiger charge is -2.23. The van der Waals surface area contributed by atoms with Gasteiger partial charge in [0.15, 0.2) is 0 Å². The van der Waals surface area contributed by atoms with E-state index in [0.29, 0.717) is 5.92 Å². The second-order valence-electron chi connectivity index (χ2n) is 5.32. The lowest BCUT2D eigenvalue weighted by molar-refractivity contribution is 0.376. The molecule has 1 aromatic carbocycles. The van der Waals surface area contributed by atoms with Gasteiger partial charge in [0.05, 0.1) is 0 Å². The van der Waals surface area contributed by atoms with Crippen LogP contribution in [-0.4, -0.2) is 13.1 Å². The molecule has 1 aliphatic heterocycles. The van der Waals surface area contributed by atoms with Gasteiger partial charge < -0.3 is 5.32 Å². The largest absolute Gasteiger partial charge is 0.316 e. The normalized spacial score (nSPS) is 21.3. The summed E-state index contributed by atoms with van der Waals surface area (Å²) >= 11 is 0. The van der Waals surface area contributed by atoms with Crippen molar-refractivity contribution < 1.29 is 0 Å². The van der Waals surface area contributed by atoms with Crippen LogP contribution in [0.1, 0.15) is 43.7 Å². The Morgan fingerprint density at radius 2 is 2.25 bits per heavy atom. The van der Waals surface area contributed by atoms with Gasteiger partial charge in [0, 0.05) is 0 Å². The van der Waals surface area contributed by atoms with Crippen LogP contribution in [0.15, 0.2) is 24.3 Å². The summed E-state index contributed by atoms with van der Waals surface area (Å²) in [5.41, 5.74) is 2.99. The fourth-order valence-corrected chi connectivity index (χ4v) is 2.51. The second-order valence-corrected chi connectivity index (χ2v) is 5.32. The van der Waals surface area contributed by atoms with Crippen molar-refractivity contribution >= 4 is 0 Å². The summed E-state index contributed by atoms with van der Waals surface area (Å²) in [6.45, 7) is 6.94. The first kappa shape index (κ1) is 11.7. The van der Waals surface area contributed by atoms with Gasteiger partial charge in [0.2, 0.25) is 0 Å². The monoisotopic (exact) mass is 217 g/mol. The van der Waals surface area contributed by atoms with Gasteiger partial charge in [-0.15, -0.1) is 0 Å². The molecular weight excluding hydrogens is 194 g/mol. The van der Waals surface area contributed by atoms with Gasteiger partial charge in [-0.3, -0.25) is 0 Å². The average Bonchev–Trinajstić information content (AvgIpc) is 2.30.